The number of fused-ring (bicyclic) bond motifs is 3. The summed E-state index contributed by atoms with van der Waals surface area (Å²) >= 11 is 6.34. The molecule has 3 heterocycles. The Bertz CT molecular complexity index is 985. The van der Waals surface area contributed by atoms with Crippen molar-refractivity contribution in [3.8, 4) is 0 Å². The number of aromatic nitrogens is 3. The van der Waals surface area contributed by atoms with Crippen molar-refractivity contribution in [2.45, 2.75) is 18.9 Å². The number of carbonyl (C=O) groups is 1. The monoisotopic (exact) mass is 345 g/mol. The molecule has 0 radical (unpaired) electrons. The molecule has 2 aromatic heterocycles. The van der Waals surface area contributed by atoms with Crippen molar-refractivity contribution in [3.63, 3.8) is 0 Å². The number of hydrogen-bond acceptors (Lipinski definition) is 5. The lowest BCUT2D eigenvalue weighted by Gasteiger charge is -2.22. The molecule has 1 saturated heterocycles. The Labute approximate surface area is 142 Å². The van der Waals surface area contributed by atoms with Crippen LogP contribution in [0.1, 0.15) is 12.1 Å². The fraction of sp³-hybridized carbons (Fsp3) is 0.312. The highest BCUT2D eigenvalue weighted by Gasteiger charge is 2.42. The van der Waals surface area contributed by atoms with Gasteiger partial charge in [-0.05, 0) is 19.1 Å². The Hall–Kier alpha value is -2.38. The standard InChI is InChI=1S/C16H16ClN5O2/c1-9-12(17)14-19-13(21-7-6-16(24,8-21)15(18)23)10-4-2-3-5-11(10)22(14)20-9/h2-5,24H,6-8H2,1H3,(H2,18,23). The lowest BCUT2D eigenvalue weighted by atomic mass is 10.0. The molecule has 124 valence electrons. The van der Waals surface area contributed by atoms with Gasteiger partial charge in [-0.3, -0.25) is 4.79 Å². The number of aryl methyl sites for hydroxylation is 1. The van der Waals surface area contributed by atoms with E-state index in [1.54, 1.807) is 4.52 Å². The minimum absolute atomic E-state index is 0.111. The van der Waals surface area contributed by atoms with Crippen LogP contribution >= 0.6 is 11.6 Å². The van der Waals surface area contributed by atoms with Crippen LogP contribution < -0.4 is 10.6 Å². The van der Waals surface area contributed by atoms with Crippen molar-refractivity contribution in [2.24, 2.45) is 5.73 Å². The fourth-order valence-corrected chi connectivity index (χ4v) is 3.35. The molecule has 1 fully saturated rings. The molecule has 0 saturated carbocycles. The van der Waals surface area contributed by atoms with E-state index in [4.69, 9.17) is 17.3 Å². The first-order chi connectivity index (χ1) is 11.4. The average Bonchev–Trinajstić information content (AvgIpc) is 3.10. The SMILES string of the molecule is Cc1nn2c(nc(N3CCC(O)(C(N)=O)C3)c3ccccc32)c1Cl. The third-order valence-corrected chi connectivity index (χ3v) is 5.00. The highest BCUT2D eigenvalue weighted by atomic mass is 35.5. The number of para-hydroxylation sites is 1. The Morgan fingerprint density at radius 3 is 2.88 bits per heavy atom. The van der Waals surface area contributed by atoms with E-state index in [9.17, 15) is 9.90 Å². The van der Waals surface area contributed by atoms with Crippen molar-refractivity contribution in [2.75, 3.05) is 18.0 Å². The first-order valence-corrected chi connectivity index (χ1v) is 7.99. The first kappa shape index (κ1) is 15.2. The largest absolute Gasteiger partial charge is 0.378 e. The molecule has 3 aromatic rings. The van der Waals surface area contributed by atoms with Gasteiger partial charge in [0.25, 0.3) is 5.91 Å². The number of nitrogens with two attached hydrogens (primary N) is 1. The maximum Gasteiger partial charge on any atom is 0.251 e. The topological polar surface area (TPSA) is 96.8 Å². The van der Waals surface area contributed by atoms with E-state index in [0.717, 1.165) is 10.9 Å². The van der Waals surface area contributed by atoms with Crippen molar-refractivity contribution >= 4 is 39.9 Å². The van der Waals surface area contributed by atoms with Crippen LogP contribution in [0, 0.1) is 6.92 Å². The number of rotatable bonds is 2. The number of halogens is 1. The molecule has 7 nitrogen and oxygen atoms in total. The molecule has 0 spiro atoms. The summed E-state index contributed by atoms with van der Waals surface area (Å²) in [5.41, 5.74) is 5.91. The van der Waals surface area contributed by atoms with E-state index in [1.165, 1.54) is 0 Å². The third kappa shape index (κ3) is 2.05. The zero-order chi connectivity index (χ0) is 17.1. The Balaban J connectivity index is 1.95. The number of hydrogen-bond donors (Lipinski definition) is 2. The third-order valence-electron chi connectivity index (χ3n) is 4.56. The molecule has 0 aliphatic carbocycles. The molecule has 1 aliphatic heterocycles. The van der Waals surface area contributed by atoms with Gasteiger partial charge in [-0.25, -0.2) is 9.50 Å². The van der Waals surface area contributed by atoms with Gasteiger partial charge in [0.15, 0.2) is 11.2 Å². The number of primary amides is 1. The van der Waals surface area contributed by atoms with E-state index in [-0.39, 0.29) is 13.0 Å². The quantitative estimate of drug-likeness (QED) is 0.729. The van der Waals surface area contributed by atoms with Crippen LogP contribution in [0.4, 0.5) is 5.82 Å². The number of nitrogens with zero attached hydrogens (tertiary/aromatic N) is 4. The van der Waals surface area contributed by atoms with Gasteiger partial charge in [0.1, 0.15) is 10.8 Å². The van der Waals surface area contributed by atoms with Gasteiger partial charge in [-0.15, -0.1) is 0 Å². The van der Waals surface area contributed by atoms with Gasteiger partial charge >= 0.3 is 0 Å². The van der Waals surface area contributed by atoms with Crippen LogP contribution in [0.2, 0.25) is 5.02 Å². The van der Waals surface area contributed by atoms with Crippen LogP contribution in [0.3, 0.4) is 0 Å². The van der Waals surface area contributed by atoms with Gasteiger partial charge < -0.3 is 15.7 Å². The average molecular weight is 346 g/mol. The number of benzene rings is 1. The second-order valence-electron chi connectivity index (χ2n) is 6.15. The van der Waals surface area contributed by atoms with Crippen molar-refractivity contribution in [3.05, 3.63) is 35.0 Å². The van der Waals surface area contributed by atoms with Gasteiger partial charge in [0.2, 0.25) is 0 Å². The number of anilines is 1. The second-order valence-corrected chi connectivity index (χ2v) is 6.53. The summed E-state index contributed by atoms with van der Waals surface area (Å²) in [6.07, 6.45) is 0.273. The van der Waals surface area contributed by atoms with Crippen LogP contribution in [0.5, 0.6) is 0 Å². The summed E-state index contributed by atoms with van der Waals surface area (Å²) in [7, 11) is 0. The van der Waals surface area contributed by atoms with Crippen LogP contribution in [0.25, 0.3) is 16.6 Å². The molecule has 0 bridgehead atoms. The summed E-state index contributed by atoms with van der Waals surface area (Å²) in [4.78, 5) is 18.1. The summed E-state index contributed by atoms with van der Waals surface area (Å²) in [6.45, 7) is 2.42. The molecule has 3 N–H and O–H groups in total. The van der Waals surface area contributed by atoms with Crippen LogP contribution in [-0.2, 0) is 4.79 Å². The van der Waals surface area contributed by atoms with E-state index >= 15 is 0 Å². The van der Waals surface area contributed by atoms with E-state index in [2.05, 4.69) is 10.1 Å². The molecule has 24 heavy (non-hydrogen) atoms. The predicted molar refractivity (Wildman–Crippen MR) is 91.2 cm³/mol. The van der Waals surface area contributed by atoms with Gasteiger partial charge in [0, 0.05) is 18.4 Å². The molecule has 4 rings (SSSR count). The lowest BCUT2D eigenvalue weighted by Crippen LogP contribution is -2.46. The fourth-order valence-electron chi connectivity index (χ4n) is 3.19. The van der Waals surface area contributed by atoms with E-state index in [0.29, 0.717) is 28.7 Å². The maximum atomic E-state index is 11.5. The maximum absolute atomic E-state index is 11.5. The van der Waals surface area contributed by atoms with Gasteiger partial charge in [-0.2, -0.15) is 5.10 Å². The molecule has 1 aromatic carbocycles. The van der Waals surface area contributed by atoms with Gasteiger partial charge in [0.05, 0.1) is 17.8 Å². The zero-order valence-electron chi connectivity index (χ0n) is 13.0. The van der Waals surface area contributed by atoms with Crippen molar-refractivity contribution in [1.29, 1.82) is 0 Å². The molecule has 1 aliphatic rings. The number of amides is 1. The highest BCUT2D eigenvalue weighted by Crippen LogP contribution is 2.33. The minimum atomic E-state index is -1.53. The minimum Gasteiger partial charge on any atom is -0.378 e. The molecule has 8 heteroatoms. The normalized spacial score (nSPS) is 21.0. The molecule has 1 atom stereocenters. The van der Waals surface area contributed by atoms with E-state index < -0.39 is 11.5 Å². The number of carbonyl (C=O) groups excluding carboxylic acids is 1. The molecule has 1 unspecified atom stereocenters. The van der Waals surface area contributed by atoms with E-state index in [1.807, 2.05) is 36.1 Å². The predicted octanol–water partition coefficient (Wildman–Crippen LogP) is 1.27. The number of aliphatic hydroxyl groups is 1. The molecular weight excluding hydrogens is 330 g/mol. The molecular formula is C16H16ClN5O2. The summed E-state index contributed by atoms with van der Waals surface area (Å²) < 4.78 is 1.72. The zero-order valence-corrected chi connectivity index (χ0v) is 13.8. The smallest absolute Gasteiger partial charge is 0.251 e. The Kier molecular flexibility index (Phi) is 3.20. The summed E-state index contributed by atoms with van der Waals surface area (Å²) in [6, 6.07) is 7.70. The van der Waals surface area contributed by atoms with Crippen molar-refractivity contribution < 1.29 is 9.90 Å². The van der Waals surface area contributed by atoms with Crippen molar-refractivity contribution in [1.82, 2.24) is 14.6 Å². The second kappa shape index (κ2) is 5.06. The van der Waals surface area contributed by atoms with Crippen LogP contribution in [-0.4, -0.2) is 44.3 Å². The lowest BCUT2D eigenvalue weighted by molar-refractivity contribution is -0.134. The molecule has 1 amide bonds. The van der Waals surface area contributed by atoms with Gasteiger partial charge in [-0.1, -0.05) is 23.7 Å². The number of β-amino-alcohol motifs (C(OH)–C–C–N with tert-alkyl or cyclic N) is 1. The summed E-state index contributed by atoms with van der Waals surface area (Å²) in [5.74, 6) is -0.0503. The van der Waals surface area contributed by atoms with Crippen LogP contribution in [0.15, 0.2) is 24.3 Å². The first-order valence-electron chi connectivity index (χ1n) is 7.61. The Morgan fingerprint density at radius 2 is 2.17 bits per heavy atom. The Morgan fingerprint density at radius 1 is 1.42 bits per heavy atom. The highest BCUT2D eigenvalue weighted by molar-refractivity contribution is 6.34. The summed E-state index contributed by atoms with van der Waals surface area (Å²) in [5, 5.41) is 16.2.